The number of nitrogens with zero attached hydrogens (tertiary/aromatic N) is 1. The minimum Gasteiger partial charge on any atom is -0.347 e. The summed E-state index contributed by atoms with van der Waals surface area (Å²) in [6.07, 6.45) is 1.29. The second-order valence-corrected chi connectivity index (χ2v) is 7.54. The Balaban J connectivity index is 2.15. The number of likely N-dealkylation sites (tertiary alicyclic amines) is 1. The monoisotopic (exact) mass is 345 g/mol. The first-order valence-electron chi connectivity index (χ1n) is 8.62. The minimum atomic E-state index is -0.526. The molecule has 136 valence electrons. The van der Waals surface area contributed by atoms with Gasteiger partial charge in [0.2, 0.25) is 11.8 Å². The van der Waals surface area contributed by atoms with Crippen molar-refractivity contribution in [1.82, 2.24) is 10.2 Å². The van der Waals surface area contributed by atoms with E-state index in [1.807, 2.05) is 20.8 Å². The van der Waals surface area contributed by atoms with E-state index in [0.29, 0.717) is 29.8 Å². The van der Waals surface area contributed by atoms with Gasteiger partial charge in [0.25, 0.3) is 5.91 Å². The molecule has 6 nitrogen and oxygen atoms in total. The van der Waals surface area contributed by atoms with Crippen LogP contribution in [-0.2, 0) is 9.59 Å². The first-order valence-corrected chi connectivity index (χ1v) is 8.62. The van der Waals surface area contributed by atoms with Crippen LogP contribution in [0.4, 0.5) is 5.69 Å². The molecule has 0 saturated carbocycles. The highest BCUT2D eigenvalue weighted by molar-refractivity contribution is 6.01. The zero-order valence-corrected chi connectivity index (χ0v) is 15.6. The van der Waals surface area contributed by atoms with Crippen molar-refractivity contribution in [3.8, 4) is 0 Å². The topological polar surface area (TPSA) is 78.5 Å². The van der Waals surface area contributed by atoms with Crippen LogP contribution in [0.15, 0.2) is 18.2 Å². The fraction of sp³-hybridized carbons (Fsp3) is 0.526. The van der Waals surface area contributed by atoms with E-state index < -0.39 is 6.04 Å². The Labute approximate surface area is 149 Å². The Morgan fingerprint density at radius 2 is 1.92 bits per heavy atom. The molecule has 1 unspecified atom stereocenters. The van der Waals surface area contributed by atoms with E-state index >= 15 is 0 Å². The number of nitrogens with one attached hydrogen (secondary N) is 2. The molecule has 1 aromatic rings. The Morgan fingerprint density at radius 3 is 2.48 bits per heavy atom. The minimum absolute atomic E-state index is 0.0117. The maximum atomic E-state index is 12.5. The molecule has 0 bridgehead atoms. The fourth-order valence-electron chi connectivity index (χ4n) is 2.88. The van der Waals surface area contributed by atoms with E-state index in [2.05, 4.69) is 10.6 Å². The molecule has 2 N–H and O–H groups in total. The van der Waals surface area contributed by atoms with E-state index in [4.69, 9.17) is 0 Å². The third-order valence-electron chi connectivity index (χ3n) is 4.28. The van der Waals surface area contributed by atoms with Gasteiger partial charge in [-0.15, -0.1) is 0 Å². The highest BCUT2D eigenvalue weighted by atomic mass is 16.2. The van der Waals surface area contributed by atoms with E-state index in [1.54, 1.807) is 36.9 Å². The Morgan fingerprint density at radius 1 is 1.24 bits per heavy atom. The summed E-state index contributed by atoms with van der Waals surface area (Å²) < 4.78 is 0. The van der Waals surface area contributed by atoms with Gasteiger partial charge in [-0.3, -0.25) is 14.4 Å². The van der Waals surface area contributed by atoms with Crippen LogP contribution in [0.25, 0.3) is 0 Å². The van der Waals surface area contributed by atoms with Crippen LogP contribution in [0.2, 0.25) is 0 Å². The normalized spacial score (nSPS) is 15.9. The molecule has 25 heavy (non-hydrogen) atoms. The Kier molecular flexibility index (Phi) is 5.50. The van der Waals surface area contributed by atoms with Crippen molar-refractivity contribution in [2.75, 3.05) is 11.9 Å². The standard InChI is InChI=1S/C19H27N3O3/c1-12-14(18(25)21-19(3,4)5)8-6-9-15(12)20-17(24)13(2)22-11-7-10-16(22)23/h6,8-9,13H,7,10-11H2,1-5H3,(H,20,24)(H,21,25). The largest absolute Gasteiger partial charge is 0.347 e. The van der Waals surface area contributed by atoms with Crippen molar-refractivity contribution < 1.29 is 14.4 Å². The number of amides is 3. The summed E-state index contributed by atoms with van der Waals surface area (Å²) in [6.45, 7) is 9.89. The van der Waals surface area contributed by atoms with Crippen LogP contribution in [0, 0.1) is 6.92 Å². The summed E-state index contributed by atoms with van der Waals surface area (Å²) in [5.41, 5.74) is 1.48. The number of rotatable bonds is 4. The van der Waals surface area contributed by atoms with Gasteiger partial charge >= 0.3 is 0 Å². The van der Waals surface area contributed by atoms with Gasteiger partial charge < -0.3 is 15.5 Å². The molecule has 1 aromatic carbocycles. The average Bonchev–Trinajstić information content (AvgIpc) is 2.92. The van der Waals surface area contributed by atoms with Crippen molar-refractivity contribution in [3.05, 3.63) is 29.3 Å². The third kappa shape index (κ3) is 4.59. The molecule has 1 fully saturated rings. The van der Waals surface area contributed by atoms with Gasteiger partial charge in [0, 0.05) is 29.8 Å². The number of hydrogen-bond donors (Lipinski definition) is 2. The molecule has 1 heterocycles. The Hall–Kier alpha value is -2.37. The zero-order chi connectivity index (χ0) is 18.8. The van der Waals surface area contributed by atoms with Crippen LogP contribution < -0.4 is 10.6 Å². The SMILES string of the molecule is Cc1c(NC(=O)C(C)N2CCCC2=O)cccc1C(=O)NC(C)(C)C. The zero-order valence-electron chi connectivity index (χ0n) is 15.6. The summed E-state index contributed by atoms with van der Waals surface area (Å²) in [6, 6.07) is 4.71. The summed E-state index contributed by atoms with van der Waals surface area (Å²) in [5, 5.41) is 5.78. The molecule has 0 radical (unpaired) electrons. The highest BCUT2D eigenvalue weighted by Crippen LogP contribution is 2.21. The predicted molar refractivity (Wildman–Crippen MR) is 97.4 cm³/mol. The summed E-state index contributed by atoms with van der Waals surface area (Å²) in [7, 11) is 0. The Bertz CT molecular complexity index is 692. The maximum Gasteiger partial charge on any atom is 0.252 e. The van der Waals surface area contributed by atoms with Crippen LogP contribution >= 0.6 is 0 Å². The van der Waals surface area contributed by atoms with Crippen LogP contribution in [0.3, 0.4) is 0 Å². The van der Waals surface area contributed by atoms with Crippen molar-refractivity contribution in [2.24, 2.45) is 0 Å². The van der Waals surface area contributed by atoms with Crippen molar-refractivity contribution >= 4 is 23.4 Å². The molecule has 3 amide bonds. The lowest BCUT2D eigenvalue weighted by molar-refractivity contribution is -0.134. The van der Waals surface area contributed by atoms with Crippen molar-refractivity contribution in [2.45, 2.75) is 59.0 Å². The number of carbonyl (C=O) groups excluding carboxylic acids is 3. The third-order valence-corrected chi connectivity index (χ3v) is 4.28. The quantitative estimate of drug-likeness (QED) is 0.880. The van der Waals surface area contributed by atoms with Crippen LogP contribution in [-0.4, -0.2) is 40.7 Å². The fourth-order valence-corrected chi connectivity index (χ4v) is 2.88. The first-order chi connectivity index (χ1) is 11.6. The van der Waals surface area contributed by atoms with Gasteiger partial charge in [-0.2, -0.15) is 0 Å². The van der Waals surface area contributed by atoms with Gasteiger partial charge in [-0.05, 0) is 58.7 Å². The number of carbonyl (C=O) groups is 3. The smallest absolute Gasteiger partial charge is 0.252 e. The van der Waals surface area contributed by atoms with Crippen LogP contribution in [0.5, 0.6) is 0 Å². The van der Waals surface area contributed by atoms with Gasteiger partial charge in [0.15, 0.2) is 0 Å². The van der Waals surface area contributed by atoms with Gasteiger partial charge in [0.1, 0.15) is 6.04 Å². The van der Waals surface area contributed by atoms with Gasteiger partial charge in [0.05, 0.1) is 0 Å². The van der Waals surface area contributed by atoms with Crippen molar-refractivity contribution in [3.63, 3.8) is 0 Å². The second-order valence-electron chi connectivity index (χ2n) is 7.54. The average molecular weight is 345 g/mol. The molecule has 2 rings (SSSR count). The van der Waals surface area contributed by atoms with Gasteiger partial charge in [-0.1, -0.05) is 6.07 Å². The molecular formula is C19H27N3O3. The lowest BCUT2D eigenvalue weighted by Gasteiger charge is -2.24. The summed E-state index contributed by atoms with van der Waals surface area (Å²) in [5.74, 6) is -0.409. The lowest BCUT2D eigenvalue weighted by Crippen LogP contribution is -2.43. The maximum absolute atomic E-state index is 12.5. The number of hydrogen-bond acceptors (Lipinski definition) is 3. The van der Waals surface area contributed by atoms with Gasteiger partial charge in [-0.25, -0.2) is 0 Å². The molecular weight excluding hydrogens is 318 g/mol. The molecule has 1 aliphatic heterocycles. The lowest BCUT2D eigenvalue weighted by atomic mass is 10.0. The second kappa shape index (κ2) is 7.25. The predicted octanol–water partition coefficient (Wildman–Crippen LogP) is 2.47. The highest BCUT2D eigenvalue weighted by Gasteiger charge is 2.29. The molecule has 0 aliphatic carbocycles. The van der Waals surface area contributed by atoms with E-state index in [0.717, 1.165) is 6.42 Å². The summed E-state index contributed by atoms with van der Waals surface area (Å²) >= 11 is 0. The summed E-state index contributed by atoms with van der Waals surface area (Å²) in [4.78, 5) is 38.3. The molecule has 0 spiro atoms. The van der Waals surface area contributed by atoms with Crippen LogP contribution in [0.1, 0.15) is 56.5 Å². The molecule has 1 aliphatic rings. The number of benzene rings is 1. The molecule has 6 heteroatoms. The first kappa shape index (κ1) is 19.0. The molecule has 1 saturated heterocycles. The molecule has 0 aromatic heterocycles. The number of anilines is 1. The van der Waals surface area contributed by atoms with Crippen molar-refractivity contribution in [1.29, 1.82) is 0 Å². The van der Waals surface area contributed by atoms with E-state index in [-0.39, 0.29) is 23.3 Å². The van der Waals surface area contributed by atoms with E-state index in [9.17, 15) is 14.4 Å². The molecule has 1 atom stereocenters. The van der Waals surface area contributed by atoms with E-state index in [1.165, 1.54) is 0 Å².